The van der Waals surface area contributed by atoms with Crippen LogP contribution in [0.3, 0.4) is 0 Å². The van der Waals surface area contributed by atoms with E-state index in [-0.39, 0.29) is 0 Å². The van der Waals surface area contributed by atoms with Crippen LogP contribution in [0.25, 0.3) is 0 Å². The first kappa shape index (κ1) is 13.5. The first-order valence-electron chi connectivity index (χ1n) is 6.84. The molecule has 0 heterocycles. The molecule has 0 aromatic heterocycles. The Balaban J connectivity index is 2.62. The van der Waals surface area contributed by atoms with Crippen LogP contribution in [0.5, 0.6) is 0 Å². The first-order chi connectivity index (χ1) is 7.46. The Hall–Kier alpha value is -0.520. The summed E-state index contributed by atoms with van der Waals surface area (Å²) in [5, 5.41) is 0. The molecule has 0 heteroatoms. The lowest BCUT2D eigenvalue weighted by atomic mass is 9.78. The van der Waals surface area contributed by atoms with Gasteiger partial charge in [0.25, 0.3) is 0 Å². The zero-order valence-corrected chi connectivity index (χ0v) is 11.7. The Labute approximate surface area is 102 Å². The summed E-state index contributed by atoms with van der Waals surface area (Å²) in [4.78, 5) is 0. The van der Waals surface area contributed by atoms with Crippen LogP contribution in [-0.4, -0.2) is 0 Å². The highest BCUT2D eigenvalue weighted by Gasteiger charge is 2.20. The maximum absolute atomic E-state index is 2.48. The summed E-state index contributed by atoms with van der Waals surface area (Å²) in [6.07, 6.45) is 12.4. The van der Waals surface area contributed by atoms with Gasteiger partial charge in [0, 0.05) is 0 Å². The monoisotopic (exact) mass is 220 g/mol. The molecule has 0 aromatic carbocycles. The van der Waals surface area contributed by atoms with Crippen molar-refractivity contribution in [2.75, 3.05) is 0 Å². The molecule has 16 heavy (non-hydrogen) atoms. The molecule has 0 aliphatic heterocycles. The van der Waals surface area contributed by atoms with Crippen molar-refractivity contribution >= 4 is 0 Å². The zero-order chi connectivity index (χ0) is 12.2. The molecule has 0 saturated carbocycles. The van der Waals surface area contributed by atoms with Crippen molar-refractivity contribution < 1.29 is 0 Å². The van der Waals surface area contributed by atoms with E-state index in [1.165, 1.54) is 25.7 Å². The lowest BCUT2D eigenvalue weighted by Crippen LogP contribution is -2.15. The summed E-state index contributed by atoms with van der Waals surface area (Å²) in [5.41, 5.74) is 2.03. The van der Waals surface area contributed by atoms with Crippen LogP contribution < -0.4 is 0 Å². The molecule has 0 bridgehead atoms. The van der Waals surface area contributed by atoms with Crippen LogP contribution in [0.2, 0.25) is 0 Å². The van der Waals surface area contributed by atoms with Gasteiger partial charge >= 0.3 is 0 Å². The van der Waals surface area contributed by atoms with Crippen molar-refractivity contribution in [1.82, 2.24) is 0 Å². The predicted octanol–water partition coefficient (Wildman–Crippen LogP) is 5.36. The van der Waals surface area contributed by atoms with E-state index in [1.54, 1.807) is 5.57 Å². The van der Waals surface area contributed by atoms with Crippen molar-refractivity contribution in [2.24, 2.45) is 17.3 Å². The van der Waals surface area contributed by atoms with E-state index in [2.05, 4.69) is 52.8 Å². The smallest absolute Gasteiger partial charge is 0.0163 e. The molecular formula is C16H28. The molecule has 1 aliphatic carbocycles. The van der Waals surface area contributed by atoms with Gasteiger partial charge in [-0.2, -0.15) is 0 Å². The lowest BCUT2D eigenvalue weighted by molar-refractivity contribution is 0.314. The van der Waals surface area contributed by atoms with E-state index in [0.29, 0.717) is 5.41 Å². The Bertz CT molecular complexity index is 262. The van der Waals surface area contributed by atoms with Crippen LogP contribution in [0.1, 0.15) is 60.3 Å². The molecule has 1 aliphatic rings. The summed E-state index contributed by atoms with van der Waals surface area (Å²) < 4.78 is 0. The Kier molecular flexibility index (Phi) is 4.83. The fourth-order valence-electron chi connectivity index (χ4n) is 2.52. The van der Waals surface area contributed by atoms with Crippen molar-refractivity contribution in [3.05, 3.63) is 23.8 Å². The van der Waals surface area contributed by atoms with Gasteiger partial charge in [0.15, 0.2) is 0 Å². The van der Waals surface area contributed by atoms with Crippen LogP contribution in [0, 0.1) is 17.3 Å². The summed E-state index contributed by atoms with van der Waals surface area (Å²) in [6.45, 7) is 11.6. The van der Waals surface area contributed by atoms with Gasteiger partial charge in [-0.3, -0.25) is 0 Å². The second kappa shape index (κ2) is 5.70. The molecule has 0 fully saturated rings. The molecule has 0 radical (unpaired) electrons. The van der Waals surface area contributed by atoms with E-state index in [4.69, 9.17) is 0 Å². The molecule has 2 unspecified atom stereocenters. The highest BCUT2D eigenvalue weighted by atomic mass is 14.3. The average molecular weight is 220 g/mol. The second-order valence-corrected chi connectivity index (χ2v) is 6.34. The predicted molar refractivity (Wildman–Crippen MR) is 73.5 cm³/mol. The van der Waals surface area contributed by atoms with Crippen molar-refractivity contribution in [1.29, 1.82) is 0 Å². The third kappa shape index (κ3) is 4.15. The largest absolute Gasteiger partial charge is 0.0808 e. The van der Waals surface area contributed by atoms with E-state index in [1.807, 2.05) is 0 Å². The first-order valence-corrected chi connectivity index (χ1v) is 6.84. The fourth-order valence-corrected chi connectivity index (χ4v) is 2.52. The molecule has 0 aromatic rings. The quantitative estimate of drug-likeness (QED) is 0.598. The Morgan fingerprint density at radius 1 is 1.31 bits per heavy atom. The van der Waals surface area contributed by atoms with Crippen LogP contribution in [-0.2, 0) is 0 Å². The minimum absolute atomic E-state index is 0.441. The highest BCUT2D eigenvalue weighted by molar-refractivity contribution is 5.26. The molecule has 0 saturated heterocycles. The van der Waals surface area contributed by atoms with Gasteiger partial charge in [0.2, 0.25) is 0 Å². The normalized spacial score (nSPS) is 23.1. The molecule has 0 amide bonds. The van der Waals surface area contributed by atoms with E-state index < -0.39 is 0 Å². The van der Waals surface area contributed by atoms with Crippen molar-refractivity contribution in [3.8, 4) is 0 Å². The van der Waals surface area contributed by atoms with Gasteiger partial charge in [0.05, 0.1) is 0 Å². The molecule has 92 valence electrons. The minimum atomic E-state index is 0.441. The van der Waals surface area contributed by atoms with Gasteiger partial charge in [-0.05, 0) is 48.5 Å². The lowest BCUT2D eigenvalue weighted by Gasteiger charge is -2.28. The molecule has 0 spiro atoms. The SMILES string of the molecule is CCC1C=CC(C(CC)CC(C)(C)C)=CC1. The van der Waals surface area contributed by atoms with Gasteiger partial charge in [0.1, 0.15) is 0 Å². The summed E-state index contributed by atoms with van der Waals surface area (Å²) in [7, 11) is 0. The number of hydrogen-bond donors (Lipinski definition) is 0. The third-order valence-corrected chi connectivity index (χ3v) is 3.56. The summed E-state index contributed by atoms with van der Waals surface area (Å²) >= 11 is 0. The molecule has 1 rings (SSSR count). The maximum atomic E-state index is 2.48. The third-order valence-electron chi connectivity index (χ3n) is 3.56. The van der Waals surface area contributed by atoms with Gasteiger partial charge in [-0.1, -0.05) is 52.8 Å². The van der Waals surface area contributed by atoms with Gasteiger partial charge in [-0.15, -0.1) is 0 Å². The summed E-state index contributed by atoms with van der Waals surface area (Å²) in [6, 6.07) is 0. The van der Waals surface area contributed by atoms with Crippen molar-refractivity contribution in [2.45, 2.75) is 60.3 Å². The Morgan fingerprint density at radius 2 is 2.00 bits per heavy atom. The molecular weight excluding hydrogens is 192 g/mol. The minimum Gasteiger partial charge on any atom is -0.0808 e. The highest BCUT2D eigenvalue weighted by Crippen LogP contribution is 2.34. The number of allylic oxidation sites excluding steroid dienone is 4. The fraction of sp³-hybridized carbons (Fsp3) is 0.750. The Morgan fingerprint density at radius 3 is 2.38 bits per heavy atom. The summed E-state index contributed by atoms with van der Waals surface area (Å²) in [5.74, 6) is 1.55. The van der Waals surface area contributed by atoms with E-state index in [0.717, 1.165) is 11.8 Å². The van der Waals surface area contributed by atoms with E-state index >= 15 is 0 Å². The molecule has 2 atom stereocenters. The van der Waals surface area contributed by atoms with Crippen LogP contribution >= 0.6 is 0 Å². The second-order valence-electron chi connectivity index (χ2n) is 6.34. The molecule has 0 nitrogen and oxygen atoms in total. The van der Waals surface area contributed by atoms with Crippen molar-refractivity contribution in [3.63, 3.8) is 0 Å². The number of hydrogen-bond acceptors (Lipinski definition) is 0. The number of rotatable bonds is 4. The van der Waals surface area contributed by atoms with E-state index in [9.17, 15) is 0 Å². The van der Waals surface area contributed by atoms with Crippen LogP contribution in [0.15, 0.2) is 23.8 Å². The van der Waals surface area contributed by atoms with Gasteiger partial charge < -0.3 is 0 Å². The topological polar surface area (TPSA) is 0 Å². The standard InChI is InChI=1S/C16H28/c1-6-13-8-10-15(11-9-13)14(7-2)12-16(3,4)5/h8,10-11,13-14H,6-7,9,12H2,1-5H3. The maximum Gasteiger partial charge on any atom is -0.0163 e. The zero-order valence-electron chi connectivity index (χ0n) is 11.7. The van der Waals surface area contributed by atoms with Gasteiger partial charge in [-0.25, -0.2) is 0 Å². The molecule has 0 N–H and O–H groups in total. The van der Waals surface area contributed by atoms with Crippen LogP contribution in [0.4, 0.5) is 0 Å². The average Bonchev–Trinajstić information content (AvgIpc) is 2.25.